The van der Waals surface area contributed by atoms with Gasteiger partial charge in [0.1, 0.15) is 11.5 Å². The molecule has 0 radical (unpaired) electrons. The minimum absolute atomic E-state index is 0.0813. The van der Waals surface area contributed by atoms with Gasteiger partial charge in [-0.05, 0) is 57.9 Å². The number of carbonyl (C=O) groups is 3. The maximum Gasteiger partial charge on any atom is 0.355 e. The van der Waals surface area contributed by atoms with Crippen LogP contribution >= 0.6 is 11.6 Å². The minimum atomic E-state index is -0.465. The maximum atomic E-state index is 13.0. The maximum absolute atomic E-state index is 13.0. The third-order valence-corrected chi connectivity index (χ3v) is 5.64. The first kappa shape index (κ1) is 23.0. The van der Waals surface area contributed by atoms with Gasteiger partial charge in [-0.2, -0.15) is 0 Å². The van der Waals surface area contributed by atoms with E-state index < -0.39 is 5.97 Å². The summed E-state index contributed by atoms with van der Waals surface area (Å²) in [6.45, 7) is 6.93. The van der Waals surface area contributed by atoms with Crippen molar-refractivity contribution in [1.29, 1.82) is 0 Å². The van der Waals surface area contributed by atoms with Crippen LogP contribution < -0.4 is 5.32 Å². The number of ether oxygens (including phenoxy) is 1. The topological polar surface area (TPSA) is 104 Å². The highest BCUT2D eigenvalue weighted by Gasteiger charge is 2.29. The molecule has 9 heteroatoms. The number of rotatable bonds is 7. The summed E-state index contributed by atoms with van der Waals surface area (Å²) in [5.74, 6) is -0.448. The number of pyridine rings is 1. The van der Waals surface area contributed by atoms with Crippen molar-refractivity contribution in [2.75, 3.05) is 31.6 Å². The highest BCUT2D eigenvalue weighted by atomic mass is 35.5. The lowest BCUT2D eigenvalue weighted by Gasteiger charge is -2.31. The van der Waals surface area contributed by atoms with Crippen LogP contribution in [-0.4, -0.2) is 58.8 Å². The summed E-state index contributed by atoms with van der Waals surface area (Å²) in [5, 5.41) is 3.32. The Morgan fingerprint density at radius 1 is 1.32 bits per heavy atom. The van der Waals surface area contributed by atoms with E-state index in [1.165, 1.54) is 6.20 Å². The van der Waals surface area contributed by atoms with Gasteiger partial charge in [-0.15, -0.1) is 0 Å². The predicted molar refractivity (Wildman–Crippen MR) is 118 cm³/mol. The van der Waals surface area contributed by atoms with Gasteiger partial charge in [-0.25, -0.2) is 9.78 Å². The average Bonchev–Trinajstić information content (AvgIpc) is 3.04. The molecule has 3 heterocycles. The summed E-state index contributed by atoms with van der Waals surface area (Å²) in [6.07, 6.45) is 3.05. The minimum Gasteiger partial charge on any atom is -0.461 e. The first-order valence-electron chi connectivity index (χ1n) is 10.3. The molecular formula is C22H27ClN4O4. The van der Waals surface area contributed by atoms with Crippen LogP contribution in [0.2, 0.25) is 5.02 Å². The third kappa shape index (κ3) is 5.51. The molecule has 8 nitrogen and oxygen atoms in total. The molecule has 166 valence electrons. The number of Topliss-reactive ketones (excluding diaryl/α,β-unsaturated/α-hetero) is 1. The summed E-state index contributed by atoms with van der Waals surface area (Å²) in [7, 11) is 0. The monoisotopic (exact) mass is 446 g/mol. The number of aromatic nitrogens is 2. The molecule has 1 saturated heterocycles. The van der Waals surface area contributed by atoms with E-state index in [-0.39, 0.29) is 30.8 Å². The molecule has 1 unspecified atom stereocenters. The molecule has 1 aliphatic heterocycles. The van der Waals surface area contributed by atoms with Crippen LogP contribution in [0.1, 0.15) is 51.9 Å². The van der Waals surface area contributed by atoms with Crippen molar-refractivity contribution in [3.63, 3.8) is 0 Å². The number of anilines is 1. The molecule has 0 aromatic carbocycles. The number of halogens is 1. The fourth-order valence-electron chi connectivity index (χ4n) is 3.95. The molecule has 1 atom stereocenters. The number of ketones is 1. The number of amides is 1. The Kier molecular flexibility index (Phi) is 7.46. The number of piperidine rings is 1. The van der Waals surface area contributed by atoms with E-state index in [1.54, 1.807) is 32.9 Å². The first-order valence-corrected chi connectivity index (χ1v) is 10.7. The normalized spacial score (nSPS) is 16.7. The summed E-state index contributed by atoms with van der Waals surface area (Å²) in [5.41, 5.74) is 2.07. The van der Waals surface area contributed by atoms with E-state index in [9.17, 15) is 14.4 Å². The van der Waals surface area contributed by atoms with Crippen LogP contribution in [-0.2, 0) is 9.53 Å². The predicted octanol–water partition coefficient (Wildman–Crippen LogP) is 3.39. The number of hydrogen-bond acceptors (Lipinski definition) is 6. The number of hydrogen-bond donors (Lipinski definition) is 2. The molecule has 1 fully saturated rings. The summed E-state index contributed by atoms with van der Waals surface area (Å²) in [4.78, 5) is 46.8. The van der Waals surface area contributed by atoms with Gasteiger partial charge in [0.25, 0.3) is 0 Å². The van der Waals surface area contributed by atoms with Crippen molar-refractivity contribution in [1.82, 2.24) is 14.9 Å². The van der Waals surface area contributed by atoms with E-state index in [1.807, 2.05) is 4.90 Å². The second-order valence-electron chi connectivity index (χ2n) is 7.69. The van der Waals surface area contributed by atoms with Crippen molar-refractivity contribution in [3.8, 4) is 0 Å². The van der Waals surface area contributed by atoms with Gasteiger partial charge < -0.3 is 15.0 Å². The zero-order chi connectivity index (χ0) is 22.5. The molecule has 31 heavy (non-hydrogen) atoms. The van der Waals surface area contributed by atoms with Crippen LogP contribution in [0.3, 0.4) is 0 Å². The molecule has 2 aromatic rings. The molecule has 0 spiro atoms. The molecule has 2 N–H and O–H groups in total. The van der Waals surface area contributed by atoms with Crippen molar-refractivity contribution in [3.05, 3.63) is 45.9 Å². The Morgan fingerprint density at radius 2 is 2.10 bits per heavy atom. The highest BCUT2D eigenvalue weighted by Crippen LogP contribution is 2.22. The summed E-state index contributed by atoms with van der Waals surface area (Å²) >= 11 is 5.83. The van der Waals surface area contributed by atoms with E-state index in [4.69, 9.17) is 16.3 Å². The number of nitrogens with one attached hydrogen (secondary N) is 2. The van der Waals surface area contributed by atoms with Crippen molar-refractivity contribution < 1.29 is 19.1 Å². The number of aromatic amines is 1. The molecule has 1 amide bonds. The Bertz CT molecular complexity index is 971. The molecule has 2 aromatic heterocycles. The van der Waals surface area contributed by atoms with E-state index >= 15 is 0 Å². The Hall–Kier alpha value is -2.71. The van der Waals surface area contributed by atoms with Crippen LogP contribution in [0, 0.1) is 19.8 Å². The van der Waals surface area contributed by atoms with Crippen molar-refractivity contribution >= 4 is 35.1 Å². The van der Waals surface area contributed by atoms with Gasteiger partial charge >= 0.3 is 5.97 Å². The second-order valence-corrected chi connectivity index (χ2v) is 8.13. The van der Waals surface area contributed by atoms with Crippen molar-refractivity contribution in [2.24, 2.45) is 5.92 Å². The van der Waals surface area contributed by atoms with Gasteiger partial charge in [0.2, 0.25) is 5.91 Å². The zero-order valence-corrected chi connectivity index (χ0v) is 18.7. The van der Waals surface area contributed by atoms with E-state index in [0.29, 0.717) is 39.9 Å². The van der Waals surface area contributed by atoms with Crippen LogP contribution in [0.4, 0.5) is 5.82 Å². The Balaban J connectivity index is 1.63. The van der Waals surface area contributed by atoms with Gasteiger partial charge in [0.05, 0.1) is 24.1 Å². The summed E-state index contributed by atoms with van der Waals surface area (Å²) in [6, 6.07) is 3.32. The van der Waals surface area contributed by atoms with Gasteiger partial charge in [-0.3, -0.25) is 14.5 Å². The largest absolute Gasteiger partial charge is 0.461 e. The Labute approximate surface area is 186 Å². The average molecular weight is 447 g/mol. The quantitative estimate of drug-likeness (QED) is 0.499. The van der Waals surface area contributed by atoms with E-state index in [0.717, 1.165) is 19.4 Å². The number of likely N-dealkylation sites (tertiary alicyclic amines) is 1. The SMILES string of the molecule is CCOC(=O)c1[nH]c(C)c(C(=O)CN2CCCC(C(=O)Nc3ccc(Cl)cn3)C2)c1C. The fraction of sp³-hybridized carbons (Fsp3) is 0.455. The number of H-pyrrole nitrogens is 1. The molecule has 0 saturated carbocycles. The van der Waals surface area contributed by atoms with Crippen LogP contribution in [0.15, 0.2) is 18.3 Å². The highest BCUT2D eigenvalue weighted by molar-refractivity contribution is 6.30. The number of carbonyl (C=O) groups excluding carboxylic acids is 3. The van der Waals surface area contributed by atoms with Crippen LogP contribution in [0.25, 0.3) is 0 Å². The standard InChI is InChI=1S/C22H27ClN4O4/c1-4-31-22(30)20-13(2)19(14(3)25-20)17(28)12-27-9-5-6-15(11-27)21(29)26-18-8-7-16(23)10-24-18/h7-8,10,15,25H,4-6,9,11-12H2,1-3H3,(H,24,26,29). The van der Waals surface area contributed by atoms with Gasteiger partial charge in [-0.1, -0.05) is 11.6 Å². The molecule has 1 aliphatic rings. The van der Waals surface area contributed by atoms with Gasteiger partial charge in [0.15, 0.2) is 5.78 Å². The smallest absolute Gasteiger partial charge is 0.355 e. The van der Waals surface area contributed by atoms with Crippen LogP contribution in [0.5, 0.6) is 0 Å². The number of aryl methyl sites for hydroxylation is 1. The van der Waals surface area contributed by atoms with Gasteiger partial charge in [0, 0.05) is 24.0 Å². The fourth-order valence-corrected chi connectivity index (χ4v) is 4.06. The second kappa shape index (κ2) is 10.1. The summed E-state index contributed by atoms with van der Waals surface area (Å²) < 4.78 is 5.05. The molecule has 3 rings (SSSR count). The number of nitrogens with zero attached hydrogens (tertiary/aromatic N) is 2. The molecule has 0 bridgehead atoms. The van der Waals surface area contributed by atoms with E-state index in [2.05, 4.69) is 15.3 Å². The lowest BCUT2D eigenvalue weighted by Crippen LogP contribution is -2.43. The molecular weight excluding hydrogens is 420 g/mol. The van der Waals surface area contributed by atoms with Crippen molar-refractivity contribution in [2.45, 2.75) is 33.6 Å². The lowest BCUT2D eigenvalue weighted by atomic mass is 9.96. The molecule has 0 aliphatic carbocycles. The Morgan fingerprint density at radius 3 is 2.77 bits per heavy atom. The number of esters is 1. The third-order valence-electron chi connectivity index (χ3n) is 5.42. The lowest BCUT2D eigenvalue weighted by molar-refractivity contribution is -0.121. The zero-order valence-electron chi connectivity index (χ0n) is 18.0. The first-order chi connectivity index (χ1) is 14.8.